The summed E-state index contributed by atoms with van der Waals surface area (Å²) in [6, 6.07) is 10.1. The molecule has 3 nitrogen and oxygen atoms in total. The van der Waals surface area contributed by atoms with Gasteiger partial charge in [-0.3, -0.25) is 4.79 Å². The molecule has 4 aliphatic rings. The van der Waals surface area contributed by atoms with Crippen LogP contribution in [0.5, 0.6) is 0 Å². The summed E-state index contributed by atoms with van der Waals surface area (Å²) in [5.41, 5.74) is 0.293. The quantitative estimate of drug-likeness (QED) is 0.758. The molecule has 4 fully saturated rings. The van der Waals surface area contributed by atoms with E-state index in [2.05, 4.69) is 5.32 Å². The number of rotatable bonds is 5. The number of aliphatic hydroxyl groups is 1. The van der Waals surface area contributed by atoms with E-state index < -0.39 is 5.60 Å². The highest BCUT2D eigenvalue weighted by Crippen LogP contribution is 2.62. The van der Waals surface area contributed by atoms with Crippen LogP contribution >= 0.6 is 11.3 Å². The molecule has 0 aliphatic heterocycles. The summed E-state index contributed by atoms with van der Waals surface area (Å²) in [5.74, 6) is 0.906. The van der Waals surface area contributed by atoms with Crippen molar-refractivity contribution in [2.75, 3.05) is 0 Å². The summed E-state index contributed by atoms with van der Waals surface area (Å²) in [7, 11) is 0. The fraction of sp³-hybridized carbons (Fsp3) is 0.522. The van der Waals surface area contributed by atoms with Gasteiger partial charge in [-0.1, -0.05) is 18.2 Å². The molecule has 3 atom stereocenters. The van der Waals surface area contributed by atoms with E-state index in [1.165, 1.54) is 18.6 Å². The number of benzene rings is 1. The van der Waals surface area contributed by atoms with Gasteiger partial charge in [-0.15, -0.1) is 11.3 Å². The SMILES string of the molecule is O=C(CC12C[C@H]3C[C@@H](CC(O)(C3)C1)C2)N[C@@H](c1ccc(F)cc1)c1cccs1. The molecule has 0 unspecified atom stereocenters. The summed E-state index contributed by atoms with van der Waals surface area (Å²) >= 11 is 1.59. The van der Waals surface area contributed by atoms with Gasteiger partial charge in [-0.25, -0.2) is 4.39 Å². The standard InChI is InChI=1S/C23H26FNO2S/c24-18-5-3-17(4-6-18)21(19-2-1-7-28-19)25-20(26)13-22-9-15-8-16(10-22)12-23(27,11-15)14-22/h1-7,15-16,21,27H,8-14H2,(H,25,26)/t15-,16-,21+,22?,23?/m1/s1. The Kier molecular flexibility index (Phi) is 4.36. The minimum Gasteiger partial charge on any atom is -0.390 e. The van der Waals surface area contributed by atoms with Gasteiger partial charge in [-0.05, 0) is 84.9 Å². The van der Waals surface area contributed by atoms with E-state index in [9.17, 15) is 14.3 Å². The second-order valence-electron chi connectivity index (χ2n) is 9.43. The van der Waals surface area contributed by atoms with Gasteiger partial charge in [0.05, 0.1) is 11.6 Å². The van der Waals surface area contributed by atoms with E-state index in [-0.39, 0.29) is 23.2 Å². The van der Waals surface area contributed by atoms with E-state index in [4.69, 9.17) is 0 Å². The summed E-state index contributed by atoms with van der Waals surface area (Å²) in [4.78, 5) is 14.2. The minimum absolute atomic E-state index is 0.0354. The van der Waals surface area contributed by atoms with Crippen molar-refractivity contribution in [3.8, 4) is 0 Å². The first-order valence-corrected chi connectivity index (χ1v) is 11.1. The number of amides is 1. The molecule has 1 amide bonds. The van der Waals surface area contributed by atoms with Crippen LogP contribution in [0.4, 0.5) is 4.39 Å². The molecule has 4 aliphatic carbocycles. The van der Waals surface area contributed by atoms with Gasteiger partial charge in [0.25, 0.3) is 0 Å². The molecular weight excluding hydrogens is 373 g/mol. The molecule has 0 radical (unpaired) electrons. The zero-order chi connectivity index (χ0) is 19.4. The van der Waals surface area contributed by atoms with Crippen LogP contribution in [0.3, 0.4) is 0 Å². The van der Waals surface area contributed by atoms with Gasteiger partial charge in [-0.2, -0.15) is 0 Å². The third kappa shape index (κ3) is 3.39. The van der Waals surface area contributed by atoms with Crippen LogP contribution in [0, 0.1) is 23.1 Å². The Bertz CT molecular complexity index is 849. The van der Waals surface area contributed by atoms with Crippen molar-refractivity contribution in [3.05, 3.63) is 58.0 Å². The summed E-state index contributed by atoms with van der Waals surface area (Å²) in [5, 5.41) is 16.2. The minimum atomic E-state index is -0.547. The Labute approximate surface area is 169 Å². The highest BCUT2D eigenvalue weighted by molar-refractivity contribution is 7.10. The van der Waals surface area contributed by atoms with Crippen molar-refractivity contribution >= 4 is 17.2 Å². The van der Waals surface area contributed by atoms with Crippen molar-refractivity contribution in [2.45, 2.75) is 56.6 Å². The molecule has 4 saturated carbocycles. The lowest BCUT2D eigenvalue weighted by Gasteiger charge is -2.60. The molecule has 4 bridgehead atoms. The van der Waals surface area contributed by atoms with Gasteiger partial charge in [0, 0.05) is 11.3 Å². The highest BCUT2D eigenvalue weighted by Gasteiger charge is 2.57. The fourth-order valence-electron chi connectivity index (χ4n) is 6.59. The summed E-state index contributed by atoms with van der Waals surface area (Å²) < 4.78 is 13.4. The molecule has 148 valence electrons. The molecule has 1 aromatic carbocycles. The van der Waals surface area contributed by atoms with Crippen LogP contribution in [-0.2, 0) is 4.79 Å². The van der Waals surface area contributed by atoms with Gasteiger partial charge in [0.15, 0.2) is 0 Å². The maximum absolute atomic E-state index is 13.4. The number of hydrogen-bond donors (Lipinski definition) is 2. The van der Waals surface area contributed by atoms with Crippen molar-refractivity contribution in [2.24, 2.45) is 17.3 Å². The highest BCUT2D eigenvalue weighted by atomic mass is 32.1. The number of thiophene rings is 1. The van der Waals surface area contributed by atoms with Crippen molar-refractivity contribution in [1.82, 2.24) is 5.32 Å². The molecule has 1 aromatic heterocycles. The van der Waals surface area contributed by atoms with Crippen molar-refractivity contribution in [1.29, 1.82) is 0 Å². The Morgan fingerprint density at radius 2 is 1.89 bits per heavy atom. The molecule has 0 spiro atoms. The maximum atomic E-state index is 13.4. The molecule has 1 heterocycles. The first kappa shape index (κ1) is 18.3. The lowest BCUT2D eigenvalue weighted by molar-refractivity contribution is -0.169. The second-order valence-corrected chi connectivity index (χ2v) is 10.4. The number of hydrogen-bond acceptors (Lipinski definition) is 3. The maximum Gasteiger partial charge on any atom is 0.221 e. The third-order valence-electron chi connectivity index (χ3n) is 7.02. The molecule has 28 heavy (non-hydrogen) atoms. The molecular formula is C23H26FNO2S. The van der Waals surface area contributed by atoms with E-state index in [1.54, 1.807) is 23.5 Å². The monoisotopic (exact) mass is 399 g/mol. The lowest BCUT2D eigenvalue weighted by Crippen LogP contribution is -2.56. The zero-order valence-electron chi connectivity index (χ0n) is 15.9. The smallest absolute Gasteiger partial charge is 0.221 e. The fourth-order valence-corrected chi connectivity index (χ4v) is 7.39. The van der Waals surface area contributed by atoms with Gasteiger partial charge < -0.3 is 10.4 Å². The average Bonchev–Trinajstić information content (AvgIpc) is 3.12. The number of nitrogens with one attached hydrogen (secondary N) is 1. The van der Waals surface area contributed by atoms with E-state index in [0.717, 1.165) is 42.5 Å². The van der Waals surface area contributed by atoms with Crippen LogP contribution in [-0.4, -0.2) is 16.6 Å². The van der Waals surface area contributed by atoms with Gasteiger partial charge >= 0.3 is 0 Å². The number of carbonyl (C=O) groups is 1. The van der Waals surface area contributed by atoms with Gasteiger partial charge in [0.2, 0.25) is 5.91 Å². The van der Waals surface area contributed by atoms with Crippen molar-refractivity contribution in [3.63, 3.8) is 0 Å². The predicted octanol–water partition coefficient (Wildman–Crippen LogP) is 4.81. The molecule has 5 heteroatoms. The van der Waals surface area contributed by atoms with E-state index in [1.807, 2.05) is 17.5 Å². The summed E-state index contributed by atoms with van der Waals surface area (Å²) in [6.07, 6.45) is 6.44. The first-order chi connectivity index (χ1) is 13.4. The lowest BCUT2D eigenvalue weighted by atomic mass is 9.47. The van der Waals surface area contributed by atoms with Crippen LogP contribution in [0.15, 0.2) is 41.8 Å². The van der Waals surface area contributed by atoms with Crippen LogP contribution in [0.1, 0.15) is 61.4 Å². The molecule has 0 saturated heterocycles. The average molecular weight is 400 g/mol. The Morgan fingerprint density at radius 3 is 2.50 bits per heavy atom. The van der Waals surface area contributed by atoms with Crippen LogP contribution < -0.4 is 5.32 Å². The largest absolute Gasteiger partial charge is 0.390 e. The number of carbonyl (C=O) groups excluding carboxylic acids is 1. The van der Waals surface area contributed by atoms with Crippen LogP contribution in [0.2, 0.25) is 0 Å². The normalized spacial score (nSPS) is 34.4. The van der Waals surface area contributed by atoms with Crippen LogP contribution in [0.25, 0.3) is 0 Å². The van der Waals surface area contributed by atoms with Crippen molar-refractivity contribution < 1.29 is 14.3 Å². The number of halogens is 1. The molecule has 2 aromatic rings. The van der Waals surface area contributed by atoms with E-state index in [0.29, 0.717) is 18.3 Å². The van der Waals surface area contributed by atoms with Gasteiger partial charge in [0.1, 0.15) is 5.82 Å². The predicted molar refractivity (Wildman–Crippen MR) is 107 cm³/mol. The Hall–Kier alpha value is -1.72. The third-order valence-corrected chi connectivity index (χ3v) is 7.96. The topological polar surface area (TPSA) is 49.3 Å². The van der Waals surface area contributed by atoms with E-state index >= 15 is 0 Å². The zero-order valence-corrected chi connectivity index (χ0v) is 16.7. The second kappa shape index (κ2) is 6.67. The Morgan fingerprint density at radius 1 is 1.18 bits per heavy atom. The first-order valence-electron chi connectivity index (χ1n) is 10.2. The molecule has 6 rings (SSSR count). The molecule has 2 N–H and O–H groups in total. The summed E-state index contributed by atoms with van der Waals surface area (Å²) in [6.45, 7) is 0. The Balaban J connectivity index is 1.35.